The molecule has 3 nitrogen and oxygen atoms in total. The van der Waals surface area contributed by atoms with E-state index < -0.39 is 0 Å². The summed E-state index contributed by atoms with van der Waals surface area (Å²) in [6, 6.07) is 15.7. The summed E-state index contributed by atoms with van der Waals surface area (Å²) in [6.07, 6.45) is 2.64. The van der Waals surface area contributed by atoms with Crippen LogP contribution >= 0.6 is 0 Å². The highest BCUT2D eigenvalue weighted by molar-refractivity contribution is 6.09. The molecule has 0 saturated heterocycles. The van der Waals surface area contributed by atoms with Crippen molar-refractivity contribution in [3.63, 3.8) is 0 Å². The van der Waals surface area contributed by atoms with Crippen molar-refractivity contribution >= 4 is 16.6 Å². The van der Waals surface area contributed by atoms with Crippen LogP contribution in [0.25, 0.3) is 10.8 Å². The van der Waals surface area contributed by atoms with Crippen LogP contribution in [0.5, 0.6) is 0 Å². The van der Waals surface area contributed by atoms with E-state index in [0.717, 1.165) is 23.7 Å². The van der Waals surface area contributed by atoms with Crippen molar-refractivity contribution in [1.29, 1.82) is 0 Å². The maximum Gasteiger partial charge on any atom is 0.211 e. The molecule has 2 aromatic carbocycles. The molecule has 3 heteroatoms. The van der Waals surface area contributed by atoms with Gasteiger partial charge in [0.25, 0.3) is 0 Å². The molecule has 0 aliphatic heterocycles. The van der Waals surface area contributed by atoms with Crippen LogP contribution in [0.1, 0.15) is 29.4 Å². The van der Waals surface area contributed by atoms with Gasteiger partial charge in [0.2, 0.25) is 5.78 Å². The lowest BCUT2D eigenvalue weighted by Crippen LogP contribution is -2.11. The number of nitrogens with zero attached hydrogens (tertiary/aromatic N) is 2. The number of fused-ring (bicyclic) bond motifs is 1. The molecule has 0 aliphatic carbocycles. The summed E-state index contributed by atoms with van der Waals surface area (Å²) in [4.78, 5) is 12.6. The van der Waals surface area contributed by atoms with E-state index in [2.05, 4.69) is 12.0 Å². The third-order valence-corrected chi connectivity index (χ3v) is 3.40. The quantitative estimate of drug-likeness (QED) is 0.674. The Labute approximate surface area is 117 Å². The SMILES string of the molecule is CCCn1nccc1C(=O)c1ccc2ccccc2c1. The molecule has 0 amide bonds. The van der Waals surface area contributed by atoms with Gasteiger partial charge >= 0.3 is 0 Å². The first-order chi connectivity index (χ1) is 9.79. The average Bonchev–Trinajstić information content (AvgIpc) is 2.94. The van der Waals surface area contributed by atoms with Crippen LogP contribution < -0.4 is 0 Å². The van der Waals surface area contributed by atoms with Gasteiger partial charge < -0.3 is 0 Å². The second-order valence-electron chi connectivity index (χ2n) is 4.83. The summed E-state index contributed by atoms with van der Waals surface area (Å²) in [7, 11) is 0. The minimum absolute atomic E-state index is 0.0294. The molecular weight excluding hydrogens is 248 g/mol. The lowest BCUT2D eigenvalue weighted by atomic mass is 10.0. The molecule has 0 aliphatic rings. The fourth-order valence-corrected chi connectivity index (χ4v) is 2.39. The lowest BCUT2D eigenvalue weighted by molar-refractivity contribution is 0.102. The summed E-state index contributed by atoms with van der Waals surface area (Å²) in [5, 5.41) is 6.44. The van der Waals surface area contributed by atoms with Crippen LogP contribution in [0.3, 0.4) is 0 Å². The normalized spacial score (nSPS) is 10.8. The molecular formula is C17H16N2O. The zero-order valence-electron chi connectivity index (χ0n) is 11.4. The van der Waals surface area contributed by atoms with Gasteiger partial charge in [-0.25, -0.2) is 0 Å². The van der Waals surface area contributed by atoms with Gasteiger partial charge in [0.15, 0.2) is 0 Å². The lowest BCUT2D eigenvalue weighted by Gasteiger charge is -2.06. The number of aryl methyl sites for hydroxylation is 1. The minimum Gasteiger partial charge on any atom is -0.287 e. The van der Waals surface area contributed by atoms with E-state index in [1.807, 2.05) is 42.5 Å². The van der Waals surface area contributed by atoms with Gasteiger partial charge in [-0.15, -0.1) is 0 Å². The molecule has 0 spiro atoms. The Morgan fingerprint density at radius 1 is 1.10 bits per heavy atom. The van der Waals surface area contributed by atoms with E-state index in [9.17, 15) is 4.79 Å². The van der Waals surface area contributed by atoms with Gasteiger partial charge in [-0.2, -0.15) is 5.10 Å². The monoisotopic (exact) mass is 264 g/mol. The topological polar surface area (TPSA) is 34.9 Å². The summed E-state index contributed by atoms with van der Waals surface area (Å²) < 4.78 is 1.78. The molecule has 0 radical (unpaired) electrons. The number of benzene rings is 2. The van der Waals surface area contributed by atoms with E-state index in [1.165, 1.54) is 0 Å². The standard InChI is InChI=1S/C17H16N2O/c1-2-11-19-16(9-10-18-19)17(20)15-8-7-13-5-3-4-6-14(13)12-15/h3-10,12H,2,11H2,1H3. The molecule has 20 heavy (non-hydrogen) atoms. The molecule has 0 N–H and O–H groups in total. The van der Waals surface area contributed by atoms with Crippen LogP contribution in [0.2, 0.25) is 0 Å². The van der Waals surface area contributed by atoms with E-state index >= 15 is 0 Å². The van der Waals surface area contributed by atoms with Gasteiger partial charge in [0.1, 0.15) is 5.69 Å². The van der Waals surface area contributed by atoms with E-state index in [4.69, 9.17) is 0 Å². The maximum atomic E-state index is 12.6. The van der Waals surface area contributed by atoms with Crippen LogP contribution in [-0.2, 0) is 6.54 Å². The van der Waals surface area contributed by atoms with Crippen molar-refractivity contribution in [1.82, 2.24) is 9.78 Å². The van der Waals surface area contributed by atoms with Crippen molar-refractivity contribution < 1.29 is 4.79 Å². The van der Waals surface area contributed by atoms with E-state index in [1.54, 1.807) is 16.9 Å². The number of aromatic nitrogens is 2. The van der Waals surface area contributed by atoms with Crippen LogP contribution in [-0.4, -0.2) is 15.6 Å². The Morgan fingerprint density at radius 3 is 2.70 bits per heavy atom. The number of hydrogen-bond donors (Lipinski definition) is 0. The number of carbonyl (C=O) groups is 1. The van der Waals surface area contributed by atoms with Gasteiger partial charge in [-0.05, 0) is 29.3 Å². The number of hydrogen-bond acceptors (Lipinski definition) is 2. The summed E-state index contributed by atoms with van der Waals surface area (Å²) >= 11 is 0. The fourth-order valence-electron chi connectivity index (χ4n) is 2.39. The Hall–Kier alpha value is -2.42. The Kier molecular flexibility index (Phi) is 3.33. The fraction of sp³-hybridized carbons (Fsp3) is 0.176. The third-order valence-electron chi connectivity index (χ3n) is 3.40. The number of ketones is 1. The molecule has 0 bridgehead atoms. The van der Waals surface area contributed by atoms with Crippen LogP contribution in [0.4, 0.5) is 0 Å². The summed E-state index contributed by atoms with van der Waals surface area (Å²) in [5.41, 5.74) is 1.36. The summed E-state index contributed by atoms with van der Waals surface area (Å²) in [5.74, 6) is 0.0294. The summed E-state index contributed by atoms with van der Waals surface area (Å²) in [6.45, 7) is 2.84. The predicted octanol–water partition coefficient (Wildman–Crippen LogP) is 3.68. The molecule has 1 aromatic heterocycles. The molecule has 3 aromatic rings. The molecule has 0 atom stereocenters. The zero-order chi connectivity index (χ0) is 13.9. The second-order valence-corrected chi connectivity index (χ2v) is 4.83. The van der Waals surface area contributed by atoms with Gasteiger partial charge in [-0.1, -0.05) is 43.3 Å². The van der Waals surface area contributed by atoms with Crippen molar-refractivity contribution in [3.05, 3.63) is 66.0 Å². The first-order valence-corrected chi connectivity index (χ1v) is 6.85. The zero-order valence-corrected chi connectivity index (χ0v) is 11.4. The average molecular weight is 264 g/mol. The highest BCUT2D eigenvalue weighted by atomic mass is 16.1. The minimum atomic E-state index is 0.0294. The Bertz CT molecular complexity index is 758. The van der Waals surface area contributed by atoms with Gasteiger partial charge in [-0.3, -0.25) is 9.48 Å². The molecule has 1 heterocycles. The van der Waals surface area contributed by atoms with Crippen molar-refractivity contribution in [2.24, 2.45) is 0 Å². The molecule has 0 unspecified atom stereocenters. The van der Waals surface area contributed by atoms with Gasteiger partial charge in [0, 0.05) is 18.3 Å². The Balaban J connectivity index is 2.01. The Morgan fingerprint density at radius 2 is 1.90 bits per heavy atom. The molecule has 0 fully saturated rings. The van der Waals surface area contributed by atoms with Crippen molar-refractivity contribution in [2.75, 3.05) is 0 Å². The third kappa shape index (κ3) is 2.23. The van der Waals surface area contributed by atoms with E-state index in [-0.39, 0.29) is 5.78 Å². The molecule has 0 saturated carbocycles. The second kappa shape index (κ2) is 5.29. The molecule has 3 rings (SSSR count). The highest BCUT2D eigenvalue weighted by Gasteiger charge is 2.14. The van der Waals surface area contributed by atoms with Crippen LogP contribution in [0, 0.1) is 0 Å². The smallest absolute Gasteiger partial charge is 0.211 e. The first-order valence-electron chi connectivity index (χ1n) is 6.85. The van der Waals surface area contributed by atoms with Crippen molar-refractivity contribution in [3.8, 4) is 0 Å². The van der Waals surface area contributed by atoms with Gasteiger partial charge in [0.05, 0.1) is 0 Å². The first kappa shape index (κ1) is 12.6. The number of rotatable bonds is 4. The predicted molar refractivity (Wildman–Crippen MR) is 79.9 cm³/mol. The maximum absolute atomic E-state index is 12.6. The van der Waals surface area contributed by atoms with Crippen LogP contribution in [0.15, 0.2) is 54.7 Å². The number of carbonyl (C=O) groups excluding carboxylic acids is 1. The molecule has 100 valence electrons. The highest BCUT2D eigenvalue weighted by Crippen LogP contribution is 2.18. The van der Waals surface area contributed by atoms with Crippen molar-refractivity contribution in [2.45, 2.75) is 19.9 Å². The largest absolute Gasteiger partial charge is 0.287 e. The van der Waals surface area contributed by atoms with E-state index in [0.29, 0.717) is 11.3 Å².